The van der Waals surface area contributed by atoms with Crippen LogP contribution >= 0.6 is 11.6 Å². The summed E-state index contributed by atoms with van der Waals surface area (Å²) in [6, 6.07) is 9.19. The van der Waals surface area contributed by atoms with Gasteiger partial charge in [-0.3, -0.25) is 14.8 Å². The normalized spacial score (nSPS) is 17.3. The number of nitrogens with one attached hydrogen (secondary N) is 1. The van der Waals surface area contributed by atoms with E-state index in [1.165, 1.54) is 0 Å². The van der Waals surface area contributed by atoms with E-state index >= 15 is 0 Å². The second-order valence-electron chi connectivity index (χ2n) is 5.28. The molecule has 0 fully saturated rings. The number of pyridine rings is 1. The number of hydrogen-bond acceptors (Lipinski definition) is 5. The monoisotopic (exact) mass is 324 g/mol. The molecule has 5 nitrogen and oxygen atoms in total. The minimum Gasteiger partial charge on any atom is -0.340 e. The lowest BCUT2D eigenvalue weighted by Gasteiger charge is -2.31. The molecule has 0 radical (unpaired) electrons. The molecule has 0 bridgehead atoms. The van der Waals surface area contributed by atoms with E-state index in [2.05, 4.69) is 15.3 Å². The zero-order chi connectivity index (χ0) is 15.8. The van der Waals surface area contributed by atoms with Gasteiger partial charge in [0.25, 0.3) is 0 Å². The molecule has 23 heavy (non-hydrogen) atoms. The molecule has 6 heteroatoms. The van der Waals surface area contributed by atoms with Crippen LogP contribution in [-0.2, 0) is 0 Å². The van der Waals surface area contributed by atoms with Crippen LogP contribution in [-0.4, -0.2) is 34.6 Å². The number of benzene rings is 1. The molecule has 4 rings (SSSR count). The fraction of sp³-hybridized carbons (Fsp3) is 0.118. The first kappa shape index (κ1) is 14.0. The number of carbonyl (C=O) groups is 1. The highest BCUT2D eigenvalue weighted by atomic mass is 35.5. The van der Waals surface area contributed by atoms with Gasteiger partial charge in [-0.25, -0.2) is 0 Å². The van der Waals surface area contributed by atoms with E-state index in [1.807, 2.05) is 23.1 Å². The van der Waals surface area contributed by atoms with Crippen molar-refractivity contribution in [1.82, 2.24) is 9.88 Å². The Morgan fingerprint density at radius 2 is 2.22 bits per heavy atom. The molecule has 0 saturated heterocycles. The molecule has 2 aliphatic heterocycles. The van der Waals surface area contributed by atoms with Crippen molar-refractivity contribution >= 4 is 28.9 Å². The zero-order valence-corrected chi connectivity index (χ0v) is 12.9. The summed E-state index contributed by atoms with van der Waals surface area (Å²) in [6.07, 6.45) is 4.77. The molecule has 3 heterocycles. The summed E-state index contributed by atoms with van der Waals surface area (Å²) in [5.74, 6) is 1.43. The van der Waals surface area contributed by atoms with Gasteiger partial charge in [-0.15, -0.1) is 0 Å². The summed E-state index contributed by atoms with van der Waals surface area (Å²) in [4.78, 5) is 23.0. The maximum absolute atomic E-state index is 12.4. The molecule has 2 aliphatic rings. The lowest BCUT2D eigenvalue weighted by molar-refractivity contribution is 0.104. The van der Waals surface area contributed by atoms with E-state index in [4.69, 9.17) is 11.6 Å². The molecule has 0 aliphatic carbocycles. The molecule has 1 aromatic carbocycles. The first-order chi connectivity index (χ1) is 11.2. The quantitative estimate of drug-likeness (QED) is 0.681. The minimum atomic E-state index is -0.109. The molecule has 0 atom stereocenters. The van der Waals surface area contributed by atoms with Crippen LogP contribution in [0.4, 0.5) is 5.69 Å². The van der Waals surface area contributed by atoms with Crippen molar-refractivity contribution in [2.45, 2.75) is 0 Å². The maximum Gasteiger partial charge on any atom is 0.191 e. The zero-order valence-electron chi connectivity index (χ0n) is 12.2. The SMILES string of the molecule is O=C(/C=C1\Nc2c(Cl)cccc2C2=NCCN21)c1cccnc1. The fourth-order valence-electron chi connectivity index (χ4n) is 2.78. The van der Waals surface area contributed by atoms with Gasteiger partial charge in [-0.2, -0.15) is 0 Å². The van der Waals surface area contributed by atoms with Crippen LogP contribution in [0.15, 0.2) is 59.6 Å². The second-order valence-corrected chi connectivity index (χ2v) is 5.69. The number of halogens is 1. The van der Waals surface area contributed by atoms with Gasteiger partial charge in [0.15, 0.2) is 5.78 Å². The second kappa shape index (κ2) is 5.52. The predicted octanol–water partition coefficient (Wildman–Crippen LogP) is 2.95. The first-order valence-electron chi connectivity index (χ1n) is 7.28. The van der Waals surface area contributed by atoms with E-state index in [-0.39, 0.29) is 5.78 Å². The molecule has 0 amide bonds. The van der Waals surface area contributed by atoms with Crippen molar-refractivity contribution in [1.29, 1.82) is 0 Å². The van der Waals surface area contributed by atoms with Crippen LogP contribution in [0.3, 0.4) is 0 Å². The van der Waals surface area contributed by atoms with Crippen LogP contribution in [0, 0.1) is 0 Å². The number of nitrogens with zero attached hydrogens (tertiary/aromatic N) is 3. The minimum absolute atomic E-state index is 0.109. The third-order valence-electron chi connectivity index (χ3n) is 3.85. The lowest BCUT2D eigenvalue weighted by atomic mass is 10.1. The highest BCUT2D eigenvalue weighted by Gasteiger charge is 2.30. The smallest absolute Gasteiger partial charge is 0.191 e. The average Bonchev–Trinajstić information content (AvgIpc) is 3.07. The van der Waals surface area contributed by atoms with Gasteiger partial charge >= 0.3 is 0 Å². The number of ketones is 1. The molecule has 1 aromatic heterocycles. The van der Waals surface area contributed by atoms with Gasteiger partial charge < -0.3 is 10.2 Å². The number of carbonyl (C=O) groups excluding carboxylic acids is 1. The van der Waals surface area contributed by atoms with E-state index < -0.39 is 0 Å². The summed E-state index contributed by atoms with van der Waals surface area (Å²) in [5, 5.41) is 3.88. The highest BCUT2D eigenvalue weighted by molar-refractivity contribution is 6.34. The van der Waals surface area contributed by atoms with Gasteiger partial charge in [-0.05, 0) is 24.3 Å². The molecule has 1 N–H and O–H groups in total. The van der Waals surface area contributed by atoms with Gasteiger partial charge in [0, 0.05) is 36.1 Å². The van der Waals surface area contributed by atoms with Gasteiger partial charge in [-0.1, -0.05) is 17.7 Å². The van der Waals surface area contributed by atoms with E-state index in [9.17, 15) is 4.79 Å². The number of aromatic nitrogens is 1. The Labute approximate surface area is 138 Å². The summed E-state index contributed by atoms with van der Waals surface area (Å²) < 4.78 is 0. The van der Waals surface area contributed by atoms with Crippen LogP contribution in [0.25, 0.3) is 0 Å². The average molecular weight is 325 g/mol. The van der Waals surface area contributed by atoms with E-state index in [0.29, 0.717) is 23.0 Å². The summed E-state index contributed by atoms with van der Waals surface area (Å²) in [5.41, 5.74) is 2.29. The predicted molar refractivity (Wildman–Crippen MR) is 89.8 cm³/mol. The summed E-state index contributed by atoms with van der Waals surface area (Å²) >= 11 is 6.29. The molecule has 114 valence electrons. The van der Waals surface area contributed by atoms with Gasteiger partial charge in [0.05, 0.1) is 17.3 Å². The third kappa shape index (κ3) is 2.39. The van der Waals surface area contributed by atoms with Crippen molar-refractivity contribution in [2.75, 3.05) is 18.4 Å². The van der Waals surface area contributed by atoms with E-state index in [1.54, 1.807) is 30.6 Å². The van der Waals surface area contributed by atoms with Crippen LogP contribution in [0.5, 0.6) is 0 Å². The number of aliphatic imine (C=N–C) groups is 1. The van der Waals surface area contributed by atoms with Crippen molar-refractivity contribution in [3.8, 4) is 0 Å². The number of hydrogen-bond donors (Lipinski definition) is 1. The van der Waals surface area contributed by atoms with Crippen molar-refractivity contribution in [2.24, 2.45) is 4.99 Å². The van der Waals surface area contributed by atoms with Crippen LogP contribution < -0.4 is 5.32 Å². The Kier molecular flexibility index (Phi) is 3.35. The highest BCUT2D eigenvalue weighted by Crippen LogP contribution is 2.35. The Morgan fingerprint density at radius 3 is 3.04 bits per heavy atom. The van der Waals surface area contributed by atoms with Crippen molar-refractivity contribution < 1.29 is 4.79 Å². The van der Waals surface area contributed by atoms with Crippen LogP contribution in [0.2, 0.25) is 5.02 Å². The maximum atomic E-state index is 12.4. The number of para-hydroxylation sites is 1. The first-order valence-corrected chi connectivity index (χ1v) is 7.66. The molecular weight excluding hydrogens is 312 g/mol. The topological polar surface area (TPSA) is 57.6 Å². The van der Waals surface area contributed by atoms with Gasteiger partial charge in [0.2, 0.25) is 0 Å². The lowest BCUT2D eigenvalue weighted by Crippen LogP contribution is -2.36. The summed E-state index contributed by atoms with van der Waals surface area (Å²) in [7, 11) is 0. The number of rotatable bonds is 2. The molecular formula is C17H13ClN4O. The third-order valence-corrected chi connectivity index (χ3v) is 4.17. The standard InChI is InChI=1S/C17H13ClN4O/c18-13-5-1-4-12-16(13)21-15(22-8-7-20-17(12)22)9-14(23)11-3-2-6-19-10-11/h1-6,9-10,21H,7-8H2/b15-9+. The number of amidine groups is 1. The Morgan fingerprint density at radius 1 is 1.30 bits per heavy atom. The van der Waals surface area contributed by atoms with Gasteiger partial charge in [0.1, 0.15) is 11.7 Å². The number of anilines is 1. The largest absolute Gasteiger partial charge is 0.340 e. The molecule has 0 saturated carbocycles. The van der Waals surface area contributed by atoms with Crippen molar-refractivity contribution in [3.63, 3.8) is 0 Å². The molecule has 0 unspecified atom stereocenters. The van der Waals surface area contributed by atoms with Crippen molar-refractivity contribution in [3.05, 3.63) is 70.8 Å². The number of fused-ring (bicyclic) bond motifs is 3. The fourth-order valence-corrected chi connectivity index (χ4v) is 3.00. The summed E-state index contributed by atoms with van der Waals surface area (Å²) in [6.45, 7) is 1.43. The Bertz CT molecular complexity index is 845. The number of allylic oxidation sites excluding steroid dienone is 1. The molecule has 2 aromatic rings. The molecule has 0 spiro atoms. The van der Waals surface area contributed by atoms with Crippen LogP contribution in [0.1, 0.15) is 15.9 Å². The Hall–Kier alpha value is -2.66. The Balaban J connectivity index is 1.76. The van der Waals surface area contributed by atoms with E-state index in [0.717, 1.165) is 23.6 Å².